The number of benzene rings is 3. The van der Waals surface area contributed by atoms with E-state index < -0.39 is 0 Å². The molecule has 0 bridgehead atoms. The fourth-order valence-electron chi connectivity index (χ4n) is 6.59. The fraction of sp³-hybridized carbons (Fsp3) is 0.447. The quantitative estimate of drug-likeness (QED) is 0.233. The summed E-state index contributed by atoms with van der Waals surface area (Å²) in [5.74, 6) is 0.737. The first-order valence-corrected chi connectivity index (χ1v) is 16.1. The van der Waals surface area contributed by atoms with Gasteiger partial charge >= 0.3 is 0 Å². The lowest BCUT2D eigenvalue weighted by molar-refractivity contribution is 0.0462. The van der Waals surface area contributed by atoms with Crippen LogP contribution in [0.1, 0.15) is 73.8 Å². The van der Waals surface area contributed by atoms with Crippen molar-refractivity contribution in [2.45, 2.75) is 78.5 Å². The molecule has 0 radical (unpaired) electrons. The summed E-state index contributed by atoms with van der Waals surface area (Å²) in [4.78, 5) is 9.93. The van der Waals surface area contributed by atoms with Crippen LogP contribution in [0, 0.1) is 31.5 Å². The van der Waals surface area contributed by atoms with Crippen molar-refractivity contribution in [2.24, 2.45) is 16.8 Å². The normalized spacial score (nSPS) is 20.5. The zero-order valence-corrected chi connectivity index (χ0v) is 26.4. The molecule has 1 unspecified atom stereocenters. The molecule has 1 aliphatic heterocycles. The number of hydrogen-bond acceptors (Lipinski definition) is 4. The van der Waals surface area contributed by atoms with E-state index in [-0.39, 0.29) is 18.0 Å². The second-order valence-electron chi connectivity index (χ2n) is 12.8. The summed E-state index contributed by atoms with van der Waals surface area (Å²) in [6, 6.07) is 22.2. The maximum atomic E-state index is 14.8. The highest BCUT2D eigenvalue weighted by Crippen LogP contribution is 2.36. The van der Waals surface area contributed by atoms with Gasteiger partial charge in [0.05, 0.1) is 11.8 Å². The highest BCUT2D eigenvalue weighted by Gasteiger charge is 2.32. The van der Waals surface area contributed by atoms with Crippen molar-refractivity contribution < 1.29 is 9.50 Å². The number of piperidine rings is 1. The Hall–Kier alpha value is -3.28. The van der Waals surface area contributed by atoms with Crippen molar-refractivity contribution in [3.05, 3.63) is 113 Å². The van der Waals surface area contributed by atoms with Crippen LogP contribution >= 0.6 is 0 Å². The van der Waals surface area contributed by atoms with E-state index in [4.69, 9.17) is 4.99 Å². The summed E-state index contributed by atoms with van der Waals surface area (Å²) in [6.45, 7) is 17.0. The standard InChI is InChI=1S/C38H48FN3O/c1-6-28(4)40-38(35-12-8-9-13-36(35)39)34-16-15-30(21-27(34)3)24-41-19-17-32(18-20-41)29(5)42(25-31-22-33(43)23-31)37-14-10-7-11-26(37)2/h7-16,21,28,31-33,43H,5-6,17-20,22-25H2,1-4H3. The molecule has 3 aromatic carbocycles. The van der Waals surface area contributed by atoms with E-state index in [1.165, 1.54) is 28.6 Å². The van der Waals surface area contributed by atoms with Crippen LogP contribution in [0.15, 0.2) is 84.0 Å². The van der Waals surface area contributed by atoms with Crippen molar-refractivity contribution in [2.75, 3.05) is 24.5 Å². The number of likely N-dealkylation sites (tertiary alicyclic amines) is 1. The maximum absolute atomic E-state index is 14.8. The molecule has 5 heteroatoms. The molecule has 0 aromatic heterocycles. The Morgan fingerprint density at radius 3 is 2.35 bits per heavy atom. The zero-order valence-electron chi connectivity index (χ0n) is 26.4. The second kappa shape index (κ2) is 14.0. The molecule has 2 fully saturated rings. The van der Waals surface area contributed by atoms with Crippen LogP contribution in [0.25, 0.3) is 0 Å². The van der Waals surface area contributed by atoms with E-state index in [0.717, 1.165) is 75.1 Å². The molecular formula is C38H48FN3O. The van der Waals surface area contributed by atoms with Gasteiger partial charge in [0.1, 0.15) is 5.82 Å². The molecule has 1 aliphatic carbocycles. The lowest BCUT2D eigenvalue weighted by Crippen LogP contribution is -2.41. The second-order valence-corrected chi connectivity index (χ2v) is 12.8. The maximum Gasteiger partial charge on any atom is 0.132 e. The topological polar surface area (TPSA) is 39.1 Å². The average molecular weight is 582 g/mol. The molecule has 5 rings (SSSR count). The lowest BCUT2D eigenvalue weighted by atomic mass is 9.81. The van der Waals surface area contributed by atoms with Crippen molar-refractivity contribution in [1.29, 1.82) is 0 Å². The minimum atomic E-state index is -0.233. The molecule has 0 spiro atoms. The Morgan fingerprint density at radius 2 is 1.70 bits per heavy atom. The highest BCUT2D eigenvalue weighted by molar-refractivity contribution is 6.14. The molecular weight excluding hydrogens is 533 g/mol. The number of aliphatic imine (C=N–C) groups is 1. The molecule has 4 nitrogen and oxygen atoms in total. The van der Waals surface area contributed by atoms with Crippen LogP contribution in [-0.2, 0) is 6.54 Å². The summed E-state index contributed by atoms with van der Waals surface area (Å²) >= 11 is 0. The van der Waals surface area contributed by atoms with E-state index in [2.05, 4.69) is 86.5 Å². The number of aliphatic hydroxyl groups is 1. The van der Waals surface area contributed by atoms with Gasteiger partial charge in [-0.25, -0.2) is 4.39 Å². The van der Waals surface area contributed by atoms with Crippen LogP contribution in [0.2, 0.25) is 0 Å². The summed E-state index contributed by atoms with van der Waals surface area (Å²) in [5, 5.41) is 9.89. The third-order valence-corrected chi connectivity index (χ3v) is 9.48. The molecule has 1 heterocycles. The first-order chi connectivity index (χ1) is 20.7. The van der Waals surface area contributed by atoms with E-state index in [1.54, 1.807) is 6.07 Å². The van der Waals surface area contributed by atoms with Gasteiger partial charge in [0.25, 0.3) is 0 Å². The summed E-state index contributed by atoms with van der Waals surface area (Å²) < 4.78 is 14.8. The van der Waals surface area contributed by atoms with E-state index in [0.29, 0.717) is 17.4 Å². The van der Waals surface area contributed by atoms with Gasteiger partial charge in [0.2, 0.25) is 0 Å². The van der Waals surface area contributed by atoms with Gasteiger partial charge in [0, 0.05) is 47.6 Å². The summed E-state index contributed by atoms with van der Waals surface area (Å²) in [7, 11) is 0. The number of allylic oxidation sites excluding steroid dienone is 1. The number of para-hydroxylation sites is 1. The van der Waals surface area contributed by atoms with Crippen LogP contribution in [0.3, 0.4) is 0 Å². The van der Waals surface area contributed by atoms with Crippen molar-refractivity contribution >= 4 is 11.4 Å². The third kappa shape index (κ3) is 7.45. The predicted octanol–water partition coefficient (Wildman–Crippen LogP) is 8.08. The Balaban J connectivity index is 1.25. The highest BCUT2D eigenvalue weighted by atomic mass is 19.1. The molecule has 1 atom stereocenters. The minimum absolute atomic E-state index is 0.117. The molecule has 3 aromatic rings. The Labute approximate surface area is 258 Å². The number of nitrogens with zero attached hydrogens (tertiary/aromatic N) is 3. The smallest absolute Gasteiger partial charge is 0.132 e. The molecule has 2 aliphatic rings. The van der Waals surface area contributed by atoms with E-state index in [9.17, 15) is 9.50 Å². The monoisotopic (exact) mass is 581 g/mol. The number of rotatable bonds is 11. The predicted molar refractivity (Wildman–Crippen MR) is 177 cm³/mol. The Bertz CT molecular complexity index is 1430. The van der Waals surface area contributed by atoms with Crippen LogP contribution in [0.4, 0.5) is 10.1 Å². The van der Waals surface area contributed by atoms with E-state index in [1.807, 2.05) is 12.1 Å². The molecule has 228 valence electrons. The number of hydrogen-bond donors (Lipinski definition) is 1. The SMILES string of the molecule is C=C(C1CCN(Cc2ccc(C(=NC(C)CC)c3ccccc3F)c(C)c2)CC1)N(CC1CC(O)C1)c1ccccc1C. The van der Waals surface area contributed by atoms with Crippen LogP contribution < -0.4 is 4.90 Å². The van der Waals surface area contributed by atoms with Gasteiger partial charge in [0.15, 0.2) is 0 Å². The van der Waals surface area contributed by atoms with Gasteiger partial charge in [-0.1, -0.05) is 62.0 Å². The van der Waals surface area contributed by atoms with Gasteiger partial charge in [-0.15, -0.1) is 0 Å². The van der Waals surface area contributed by atoms with Crippen molar-refractivity contribution in [1.82, 2.24) is 4.90 Å². The fourth-order valence-corrected chi connectivity index (χ4v) is 6.59. The lowest BCUT2D eigenvalue weighted by Gasteiger charge is -2.41. The molecule has 1 saturated carbocycles. The molecule has 43 heavy (non-hydrogen) atoms. The average Bonchev–Trinajstić information content (AvgIpc) is 2.99. The summed E-state index contributed by atoms with van der Waals surface area (Å²) in [6.07, 6.45) is 4.71. The summed E-state index contributed by atoms with van der Waals surface area (Å²) in [5.41, 5.74) is 8.45. The number of aliphatic hydroxyl groups excluding tert-OH is 1. The number of aryl methyl sites for hydroxylation is 2. The first-order valence-electron chi connectivity index (χ1n) is 16.1. The number of halogens is 1. The van der Waals surface area contributed by atoms with Crippen LogP contribution in [0.5, 0.6) is 0 Å². The Kier molecular flexibility index (Phi) is 10.1. The van der Waals surface area contributed by atoms with Crippen molar-refractivity contribution in [3.63, 3.8) is 0 Å². The van der Waals surface area contributed by atoms with Gasteiger partial charge in [-0.3, -0.25) is 9.89 Å². The molecule has 1 N–H and O–H groups in total. The third-order valence-electron chi connectivity index (χ3n) is 9.48. The number of anilines is 1. The van der Waals surface area contributed by atoms with Crippen LogP contribution in [-0.4, -0.2) is 47.5 Å². The van der Waals surface area contributed by atoms with Gasteiger partial charge < -0.3 is 10.0 Å². The van der Waals surface area contributed by atoms with Crippen molar-refractivity contribution in [3.8, 4) is 0 Å². The largest absolute Gasteiger partial charge is 0.393 e. The first kappa shape index (κ1) is 31.2. The zero-order chi connectivity index (χ0) is 30.5. The Morgan fingerprint density at radius 1 is 1.00 bits per heavy atom. The van der Waals surface area contributed by atoms with E-state index >= 15 is 0 Å². The van der Waals surface area contributed by atoms with Gasteiger partial charge in [-0.2, -0.15) is 0 Å². The minimum Gasteiger partial charge on any atom is -0.393 e. The van der Waals surface area contributed by atoms with Gasteiger partial charge in [-0.05, 0) is 107 Å². The molecule has 1 saturated heterocycles. The molecule has 0 amide bonds.